The van der Waals surface area contributed by atoms with E-state index in [1.54, 1.807) is 0 Å². The van der Waals surface area contributed by atoms with E-state index < -0.39 is 0 Å². The molecule has 0 spiro atoms. The molecule has 4 heteroatoms. The van der Waals surface area contributed by atoms with Crippen LogP contribution in [0.1, 0.15) is 16.1 Å². The van der Waals surface area contributed by atoms with E-state index in [0.29, 0.717) is 5.69 Å². The summed E-state index contributed by atoms with van der Waals surface area (Å²) >= 11 is 0. The number of nitrogens with zero attached hydrogens (tertiary/aromatic N) is 3. The van der Waals surface area contributed by atoms with Crippen LogP contribution >= 0.6 is 0 Å². The molecule has 0 bridgehead atoms. The molecule has 0 aliphatic carbocycles. The van der Waals surface area contributed by atoms with Crippen LogP contribution in [0.15, 0.2) is 12.5 Å². The number of carbonyl (C=O) groups excluding carboxylic acids is 1. The van der Waals surface area contributed by atoms with Gasteiger partial charge in [0.15, 0.2) is 6.29 Å². The van der Waals surface area contributed by atoms with Gasteiger partial charge in [0.25, 0.3) is 0 Å². The van der Waals surface area contributed by atoms with Gasteiger partial charge in [-0.25, -0.2) is 9.97 Å². The molecular formula is C9H9N3O. The van der Waals surface area contributed by atoms with Crippen molar-refractivity contribution in [2.45, 2.75) is 6.92 Å². The highest BCUT2D eigenvalue weighted by atomic mass is 16.1. The predicted molar refractivity (Wildman–Crippen MR) is 48.6 cm³/mol. The first-order chi connectivity index (χ1) is 6.24. The molecular weight excluding hydrogens is 166 g/mol. The molecule has 2 aromatic heterocycles. The Morgan fingerprint density at radius 1 is 1.46 bits per heavy atom. The Hall–Kier alpha value is -1.71. The van der Waals surface area contributed by atoms with Gasteiger partial charge >= 0.3 is 0 Å². The number of rotatable bonds is 1. The van der Waals surface area contributed by atoms with Crippen LogP contribution in [0.4, 0.5) is 0 Å². The van der Waals surface area contributed by atoms with Crippen molar-refractivity contribution in [1.29, 1.82) is 0 Å². The molecule has 0 atom stereocenters. The molecule has 2 rings (SSSR count). The summed E-state index contributed by atoms with van der Waals surface area (Å²) in [5.74, 6) is 0. The van der Waals surface area contributed by atoms with Crippen LogP contribution in [0.5, 0.6) is 0 Å². The molecule has 0 aliphatic rings. The van der Waals surface area contributed by atoms with E-state index in [1.807, 2.05) is 24.7 Å². The second-order valence-electron chi connectivity index (χ2n) is 3.00. The van der Waals surface area contributed by atoms with E-state index >= 15 is 0 Å². The molecule has 0 aliphatic heterocycles. The van der Waals surface area contributed by atoms with Crippen molar-refractivity contribution in [2.24, 2.45) is 7.05 Å². The largest absolute Gasteiger partial charge is 0.335 e. The first-order valence-corrected chi connectivity index (χ1v) is 3.96. The van der Waals surface area contributed by atoms with Gasteiger partial charge in [0.2, 0.25) is 0 Å². The summed E-state index contributed by atoms with van der Waals surface area (Å²) in [6.07, 6.45) is 4.11. The van der Waals surface area contributed by atoms with Crippen LogP contribution < -0.4 is 0 Å². The van der Waals surface area contributed by atoms with Crippen molar-refractivity contribution in [3.8, 4) is 0 Å². The second kappa shape index (κ2) is 2.65. The molecule has 0 saturated heterocycles. The summed E-state index contributed by atoms with van der Waals surface area (Å²) in [5, 5.41) is 0.847. The summed E-state index contributed by atoms with van der Waals surface area (Å²) < 4.78 is 1.89. The smallest absolute Gasteiger partial charge is 0.169 e. The van der Waals surface area contributed by atoms with Crippen LogP contribution in [0.2, 0.25) is 0 Å². The number of aromatic nitrogens is 3. The van der Waals surface area contributed by atoms with E-state index in [9.17, 15) is 4.79 Å². The lowest BCUT2D eigenvalue weighted by atomic mass is 10.2. The first-order valence-electron chi connectivity index (χ1n) is 3.96. The molecule has 0 amide bonds. The van der Waals surface area contributed by atoms with E-state index in [4.69, 9.17) is 0 Å². The summed E-state index contributed by atoms with van der Waals surface area (Å²) in [6.45, 7) is 1.94. The lowest BCUT2D eigenvalue weighted by molar-refractivity contribution is 0.112. The van der Waals surface area contributed by atoms with Gasteiger partial charge in [0.05, 0.1) is 5.39 Å². The van der Waals surface area contributed by atoms with Crippen molar-refractivity contribution in [3.05, 3.63) is 23.8 Å². The summed E-state index contributed by atoms with van der Waals surface area (Å²) in [7, 11) is 1.90. The minimum absolute atomic E-state index is 0.461. The van der Waals surface area contributed by atoms with Crippen LogP contribution in [0.3, 0.4) is 0 Å². The normalized spacial score (nSPS) is 10.6. The molecule has 13 heavy (non-hydrogen) atoms. The van der Waals surface area contributed by atoms with E-state index in [2.05, 4.69) is 9.97 Å². The number of aldehydes is 1. The molecule has 4 nitrogen and oxygen atoms in total. The highest BCUT2D eigenvalue weighted by Gasteiger charge is 2.08. The Morgan fingerprint density at radius 3 is 2.92 bits per heavy atom. The fourth-order valence-corrected chi connectivity index (χ4v) is 1.54. The second-order valence-corrected chi connectivity index (χ2v) is 3.00. The Labute approximate surface area is 75.2 Å². The molecule has 2 aromatic rings. The lowest BCUT2D eigenvalue weighted by Gasteiger charge is -1.95. The quantitative estimate of drug-likeness (QED) is 0.609. The maximum Gasteiger partial charge on any atom is 0.169 e. The SMILES string of the molecule is Cc1cn(C)c2ncnc(C=O)c12. The standard InChI is InChI=1S/C9H9N3O/c1-6-3-12(2)9-8(6)7(4-13)10-5-11-9/h3-5H,1-2H3. The zero-order chi connectivity index (χ0) is 9.42. The van der Waals surface area contributed by atoms with Crippen molar-refractivity contribution in [3.63, 3.8) is 0 Å². The average Bonchev–Trinajstić information content (AvgIpc) is 2.43. The number of fused-ring (bicyclic) bond motifs is 1. The van der Waals surface area contributed by atoms with Gasteiger partial charge in [-0.05, 0) is 12.5 Å². The highest BCUT2D eigenvalue weighted by Crippen LogP contribution is 2.18. The van der Waals surface area contributed by atoms with E-state index in [0.717, 1.165) is 22.9 Å². The average molecular weight is 175 g/mol. The van der Waals surface area contributed by atoms with E-state index in [-0.39, 0.29) is 0 Å². The predicted octanol–water partition coefficient (Wildman–Crippen LogP) is 1.09. The lowest BCUT2D eigenvalue weighted by Crippen LogP contribution is -1.93. The van der Waals surface area contributed by atoms with Gasteiger partial charge in [-0.3, -0.25) is 4.79 Å². The summed E-state index contributed by atoms with van der Waals surface area (Å²) in [4.78, 5) is 18.7. The van der Waals surface area contributed by atoms with Crippen molar-refractivity contribution < 1.29 is 4.79 Å². The van der Waals surface area contributed by atoms with Gasteiger partial charge in [-0.1, -0.05) is 0 Å². The third-order valence-corrected chi connectivity index (χ3v) is 2.08. The van der Waals surface area contributed by atoms with Crippen LogP contribution in [0.25, 0.3) is 11.0 Å². The maximum absolute atomic E-state index is 10.7. The monoisotopic (exact) mass is 175 g/mol. The third-order valence-electron chi connectivity index (χ3n) is 2.08. The molecule has 0 N–H and O–H groups in total. The summed E-state index contributed by atoms with van der Waals surface area (Å²) in [5.41, 5.74) is 2.29. The topological polar surface area (TPSA) is 47.8 Å². The van der Waals surface area contributed by atoms with Gasteiger partial charge in [-0.2, -0.15) is 0 Å². The van der Waals surface area contributed by atoms with E-state index in [1.165, 1.54) is 6.33 Å². The minimum atomic E-state index is 0.461. The molecule has 0 radical (unpaired) electrons. The van der Waals surface area contributed by atoms with Crippen LogP contribution in [-0.4, -0.2) is 20.8 Å². The van der Waals surface area contributed by atoms with Gasteiger partial charge < -0.3 is 4.57 Å². The number of hydrogen-bond donors (Lipinski definition) is 0. The molecule has 0 aromatic carbocycles. The Balaban J connectivity index is 2.96. The van der Waals surface area contributed by atoms with Gasteiger partial charge in [-0.15, -0.1) is 0 Å². The Morgan fingerprint density at radius 2 is 2.23 bits per heavy atom. The van der Waals surface area contributed by atoms with Crippen LogP contribution in [0, 0.1) is 6.92 Å². The van der Waals surface area contributed by atoms with Crippen molar-refractivity contribution in [2.75, 3.05) is 0 Å². The molecule has 66 valence electrons. The zero-order valence-corrected chi connectivity index (χ0v) is 7.48. The Bertz CT molecular complexity index is 473. The molecule has 0 fully saturated rings. The highest BCUT2D eigenvalue weighted by molar-refractivity contribution is 5.95. The number of aryl methyl sites for hydroxylation is 2. The maximum atomic E-state index is 10.7. The molecule has 0 saturated carbocycles. The summed E-state index contributed by atoms with van der Waals surface area (Å²) in [6, 6.07) is 0. The number of hydrogen-bond acceptors (Lipinski definition) is 3. The minimum Gasteiger partial charge on any atom is -0.335 e. The zero-order valence-electron chi connectivity index (χ0n) is 7.48. The molecule has 0 unspecified atom stereocenters. The third kappa shape index (κ3) is 1.02. The first kappa shape index (κ1) is 7.91. The fourth-order valence-electron chi connectivity index (χ4n) is 1.54. The Kier molecular flexibility index (Phi) is 1.62. The molecule has 2 heterocycles. The number of carbonyl (C=O) groups is 1. The fraction of sp³-hybridized carbons (Fsp3) is 0.222. The van der Waals surface area contributed by atoms with Gasteiger partial charge in [0, 0.05) is 13.2 Å². The van der Waals surface area contributed by atoms with Crippen molar-refractivity contribution in [1.82, 2.24) is 14.5 Å². The van der Waals surface area contributed by atoms with Crippen LogP contribution in [-0.2, 0) is 7.05 Å². The van der Waals surface area contributed by atoms with Gasteiger partial charge in [0.1, 0.15) is 17.7 Å². The van der Waals surface area contributed by atoms with Crippen molar-refractivity contribution >= 4 is 17.3 Å².